The number of fused-ring (bicyclic) bond motifs is 1. The number of carbonyl (C=O) groups excluding carboxylic acids is 2. The molecular weight excluding hydrogens is 382 g/mol. The Morgan fingerprint density at radius 2 is 1.57 bits per heavy atom. The number of piperazine rings is 1. The maximum Gasteiger partial charge on any atom is 0.420 e. The zero-order valence-electron chi connectivity index (χ0n) is 17.2. The molecule has 7 heteroatoms. The summed E-state index contributed by atoms with van der Waals surface area (Å²) in [6, 6.07) is 14.8. The molecule has 0 atom stereocenters. The average molecular weight is 407 g/mol. The summed E-state index contributed by atoms with van der Waals surface area (Å²) in [5, 5.41) is 0. The number of amides is 2. The van der Waals surface area contributed by atoms with E-state index in [-0.39, 0.29) is 18.4 Å². The molecule has 0 N–H and O–H groups in total. The maximum absolute atomic E-state index is 12.8. The molecular formula is C23H25N3O4. The Balaban J connectivity index is 1.38. The Labute approximate surface area is 174 Å². The molecule has 156 valence electrons. The molecule has 0 radical (unpaired) electrons. The molecule has 0 unspecified atom stereocenters. The van der Waals surface area contributed by atoms with Crippen molar-refractivity contribution in [3.63, 3.8) is 0 Å². The molecule has 4 rings (SSSR count). The summed E-state index contributed by atoms with van der Waals surface area (Å²) in [7, 11) is 0. The zero-order chi connectivity index (χ0) is 21.3. The number of hydrogen-bond donors (Lipinski definition) is 0. The van der Waals surface area contributed by atoms with Crippen molar-refractivity contribution < 1.29 is 14.0 Å². The summed E-state index contributed by atoms with van der Waals surface area (Å²) in [6.45, 7) is 5.99. The minimum Gasteiger partial charge on any atom is -0.408 e. The molecule has 30 heavy (non-hydrogen) atoms. The van der Waals surface area contributed by atoms with Crippen molar-refractivity contribution >= 4 is 22.9 Å². The molecule has 1 fully saturated rings. The van der Waals surface area contributed by atoms with E-state index < -0.39 is 5.76 Å². The smallest absolute Gasteiger partial charge is 0.408 e. The maximum atomic E-state index is 12.8. The van der Waals surface area contributed by atoms with Crippen molar-refractivity contribution in [2.24, 2.45) is 0 Å². The van der Waals surface area contributed by atoms with Crippen molar-refractivity contribution in [3.8, 4) is 0 Å². The van der Waals surface area contributed by atoms with Gasteiger partial charge < -0.3 is 14.2 Å². The third-order valence-corrected chi connectivity index (χ3v) is 5.61. The number of benzene rings is 2. The second-order valence-electron chi connectivity index (χ2n) is 7.87. The van der Waals surface area contributed by atoms with E-state index in [1.165, 1.54) is 10.1 Å². The quantitative estimate of drug-likeness (QED) is 0.666. The summed E-state index contributed by atoms with van der Waals surface area (Å²) in [6.07, 6.45) is 0. The summed E-state index contributed by atoms with van der Waals surface area (Å²) < 4.78 is 6.54. The molecule has 0 saturated carbocycles. The van der Waals surface area contributed by atoms with Gasteiger partial charge in [0.1, 0.15) is 6.54 Å². The second kappa shape index (κ2) is 8.18. The van der Waals surface area contributed by atoms with Crippen LogP contribution < -0.4 is 5.76 Å². The van der Waals surface area contributed by atoms with Gasteiger partial charge in [0.2, 0.25) is 5.91 Å². The molecule has 1 aliphatic rings. The third-order valence-electron chi connectivity index (χ3n) is 5.61. The van der Waals surface area contributed by atoms with E-state index in [0.717, 1.165) is 0 Å². The molecule has 1 aromatic heterocycles. The van der Waals surface area contributed by atoms with Gasteiger partial charge >= 0.3 is 5.76 Å². The van der Waals surface area contributed by atoms with E-state index in [1.807, 2.05) is 24.3 Å². The molecule has 0 aliphatic carbocycles. The molecule has 2 aromatic carbocycles. The Bertz CT molecular complexity index is 1120. The number of oxazole rings is 1. The van der Waals surface area contributed by atoms with Crippen LogP contribution in [0.1, 0.15) is 35.7 Å². The van der Waals surface area contributed by atoms with Crippen LogP contribution in [-0.2, 0) is 11.3 Å². The number of aromatic nitrogens is 1. The largest absolute Gasteiger partial charge is 0.420 e. The minimum atomic E-state index is -0.539. The van der Waals surface area contributed by atoms with E-state index in [0.29, 0.717) is 48.8 Å². The summed E-state index contributed by atoms with van der Waals surface area (Å²) >= 11 is 0. The molecule has 2 heterocycles. The van der Waals surface area contributed by atoms with Crippen molar-refractivity contribution in [1.82, 2.24) is 14.4 Å². The number of nitrogens with zero attached hydrogens (tertiary/aromatic N) is 3. The summed E-state index contributed by atoms with van der Waals surface area (Å²) in [4.78, 5) is 41.1. The normalized spacial score (nSPS) is 14.5. The van der Waals surface area contributed by atoms with Crippen molar-refractivity contribution in [1.29, 1.82) is 0 Å². The monoisotopic (exact) mass is 407 g/mol. The van der Waals surface area contributed by atoms with Crippen LogP contribution in [0.15, 0.2) is 57.7 Å². The van der Waals surface area contributed by atoms with Crippen LogP contribution in [0.3, 0.4) is 0 Å². The number of hydrogen-bond acceptors (Lipinski definition) is 4. The fourth-order valence-corrected chi connectivity index (χ4v) is 3.75. The third kappa shape index (κ3) is 3.87. The zero-order valence-corrected chi connectivity index (χ0v) is 17.2. The van der Waals surface area contributed by atoms with E-state index in [2.05, 4.69) is 13.8 Å². The number of rotatable bonds is 4. The fourth-order valence-electron chi connectivity index (χ4n) is 3.75. The van der Waals surface area contributed by atoms with Gasteiger partial charge in [-0.2, -0.15) is 0 Å². The molecule has 1 saturated heterocycles. The molecule has 0 spiro atoms. The Kier molecular flexibility index (Phi) is 5.44. The molecule has 7 nitrogen and oxygen atoms in total. The molecule has 1 aliphatic heterocycles. The highest BCUT2D eigenvalue weighted by atomic mass is 16.4. The number of carbonyl (C=O) groups is 2. The van der Waals surface area contributed by atoms with Gasteiger partial charge in [0.15, 0.2) is 5.58 Å². The topological polar surface area (TPSA) is 75.8 Å². The van der Waals surface area contributed by atoms with Gasteiger partial charge in [0.05, 0.1) is 5.52 Å². The minimum absolute atomic E-state index is 0.0190. The average Bonchev–Trinajstić information content (AvgIpc) is 3.08. The highest BCUT2D eigenvalue weighted by Crippen LogP contribution is 2.17. The molecule has 3 aromatic rings. The van der Waals surface area contributed by atoms with Gasteiger partial charge in [-0.05, 0) is 35.7 Å². The van der Waals surface area contributed by atoms with Crippen molar-refractivity contribution in [2.75, 3.05) is 26.2 Å². The van der Waals surface area contributed by atoms with E-state index in [9.17, 15) is 14.4 Å². The van der Waals surface area contributed by atoms with Crippen LogP contribution in [0.25, 0.3) is 11.1 Å². The number of para-hydroxylation sites is 2. The first-order chi connectivity index (χ1) is 14.4. The Hall–Kier alpha value is -3.35. The van der Waals surface area contributed by atoms with Crippen LogP contribution in [0.2, 0.25) is 0 Å². The lowest BCUT2D eigenvalue weighted by atomic mass is 10.0. The van der Waals surface area contributed by atoms with Gasteiger partial charge in [0.25, 0.3) is 5.91 Å². The van der Waals surface area contributed by atoms with Gasteiger partial charge in [-0.3, -0.25) is 14.2 Å². The van der Waals surface area contributed by atoms with Gasteiger partial charge in [0, 0.05) is 31.7 Å². The van der Waals surface area contributed by atoms with Crippen LogP contribution in [0.4, 0.5) is 0 Å². The lowest BCUT2D eigenvalue weighted by Gasteiger charge is -2.35. The predicted molar refractivity (Wildman–Crippen MR) is 113 cm³/mol. The van der Waals surface area contributed by atoms with Gasteiger partial charge in [-0.25, -0.2) is 4.79 Å². The Morgan fingerprint density at radius 3 is 2.23 bits per heavy atom. The van der Waals surface area contributed by atoms with Crippen molar-refractivity contribution in [2.45, 2.75) is 26.3 Å². The van der Waals surface area contributed by atoms with Crippen molar-refractivity contribution in [3.05, 3.63) is 70.2 Å². The second-order valence-corrected chi connectivity index (χ2v) is 7.87. The van der Waals surface area contributed by atoms with Crippen LogP contribution in [0, 0.1) is 0 Å². The highest BCUT2D eigenvalue weighted by Gasteiger charge is 2.26. The predicted octanol–water partition coefficient (Wildman–Crippen LogP) is 2.70. The van der Waals surface area contributed by atoms with E-state index >= 15 is 0 Å². The van der Waals surface area contributed by atoms with E-state index in [4.69, 9.17) is 4.42 Å². The first kappa shape index (κ1) is 19.9. The Morgan fingerprint density at radius 1 is 0.933 bits per heavy atom. The lowest BCUT2D eigenvalue weighted by molar-refractivity contribution is -0.133. The van der Waals surface area contributed by atoms with E-state index in [1.54, 1.807) is 34.1 Å². The summed E-state index contributed by atoms with van der Waals surface area (Å²) in [5.41, 5.74) is 2.93. The van der Waals surface area contributed by atoms with Crippen LogP contribution >= 0.6 is 0 Å². The first-order valence-electron chi connectivity index (χ1n) is 10.2. The highest BCUT2D eigenvalue weighted by molar-refractivity contribution is 5.94. The summed E-state index contributed by atoms with van der Waals surface area (Å²) in [5.74, 6) is -0.293. The standard InChI is InChI=1S/C23H25N3O4/c1-16(2)17-7-9-18(10-8-17)22(28)25-13-11-24(12-14-25)21(27)15-26-19-5-3-4-6-20(19)30-23(26)29/h3-10,16H,11-15H2,1-2H3. The fraction of sp³-hybridized carbons (Fsp3) is 0.348. The first-order valence-corrected chi connectivity index (χ1v) is 10.2. The van der Waals surface area contributed by atoms with Gasteiger partial charge in [-0.1, -0.05) is 38.1 Å². The van der Waals surface area contributed by atoms with Gasteiger partial charge in [-0.15, -0.1) is 0 Å². The van der Waals surface area contributed by atoms with Crippen LogP contribution in [-0.4, -0.2) is 52.4 Å². The van der Waals surface area contributed by atoms with Crippen LogP contribution in [0.5, 0.6) is 0 Å². The molecule has 0 bridgehead atoms. The molecule has 2 amide bonds. The SMILES string of the molecule is CC(C)c1ccc(C(=O)N2CCN(C(=O)Cn3c(=O)oc4ccccc43)CC2)cc1. The lowest BCUT2D eigenvalue weighted by Crippen LogP contribution is -2.51.